The van der Waals surface area contributed by atoms with Crippen LogP contribution in [0.25, 0.3) is 0 Å². The van der Waals surface area contributed by atoms with Crippen LogP contribution in [0.1, 0.15) is 99.3 Å². The summed E-state index contributed by atoms with van der Waals surface area (Å²) in [6, 6.07) is 0. The molecule has 0 radical (unpaired) electrons. The van der Waals surface area contributed by atoms with Gasteiger partial charge in [0.2, 0.25) is 0 Å². The summed E-state index contributed by atoms with van der Waals surface area (Å²) in [6.07, 6.45) is 2.01. The molecule has 0 saturated heterocycles. The average molecular weight is 499 g/mol. The summed E-state index contributed by atoms with van der Waals surface area (Å²) in [5.41, 5.74) is 0. The van der Waals surface area contributed by atoms with E-state index in [1.807, 2.05) is 41.5 Å². The van der Waals surface area contributed by atoms with Crippen molar-refractivity contribution >= 4 is 52.6 Å². The summed E-state index contributed by atoms with van der Waals surface area (Å²) in [5.74, 6) is -3.21. The minimum Gasteiger partial charge on any atom is -0.550 e. The van der Waals surface area contributed by atoms with E-state index in [1.54, 1.807) is 0 Å². The molecule has 0 bridgehead atoms. The molecular weight excluding hydrogens is 459 g/mol. The number of ketones is 3. The standard InChI is InChI=1S/3C8H14O3.Al/c3*1-6(2)3-4-7(9)5-8(10)11;/h3*6H,3-5H2,1-2H3,(H,10,11);/q;;;+3/p-3. The maximum absolute atomic E-state index is 10.7. The van der Waals surface area contributed by atoms with Crippen LogP contribution in [0, 0.1) is 17.8 Å². The zero-order valence-corrected chi connectivity index (χ0v) is 22.5. The molecule has 0 aliphatic heterocycles. The Morgan fingerprint density at radius 2 is 0.647 bits per heavy atom. The monoisotopic (exact) mass is 498 g/mol. The molecule has 0 unspecified atom stereocenters. The van der Waals surface area contributed by atoms with Gasteiger partial charge in [-0.05, 0) is 37.0 Å². The summed E-state index contributed by atoms with van der Waals surface area (Å²) >= 11 is 0. The average Bonchev–Trinajstić information content (AvgIpc) is 2.62. The van der Waals surface area contributed by atoms with Gasteiger partial charge in [-0.1, -0.05) is 41.5 Å². The van der Waals surface area contributed by atoms with Crippen LogP contribution in [0.2, 0.25) is 0 Å². The fraction of sp³-hybridized carbons (Fsp3) is 0.750. The first-order chi connectivity index (χ1) is 15.1. The molecule has 0 rings (SSSR count). The molecule has 9 nitrogen and oxygen atoms in total. The van der Waals surface area contributed by atoms with Gasteiger partial charge in [0, 0.05) is 56.4 Å². The predicted octanol–water partition coefficient (Wildman–Crippen LogP) is 0.0143. The van der Waals surface area contributed by atoms with E-state index in [-0.39, 0.29) is 34.7 Å². The van der Waals surface area contributed by atoms with Crippen molar-refractivity contribution in [1.29, 1.82) is 0 Å². The molecule has 0 aromatic rings. The second-order valence-electron chi connectivity index (χ2n) is 9.06. The molecule has 0 amide bonds. The van der Waals surface area contributed by atoms with E-state index in [2.05, 4.69) is 0 Å². The number of rotatable bonds is 15. The molecular formula is C24H39AlO9. The molecule has 0 aromatic heterocycles. The van der Waals surface area contributed by atoms with Crippen molar-refractivity contribution in [3.63, 3.8) is 0 Å². The van der Waals surface area contributed by atoms with Crippen LogP contribution >= 0.6 is 0 Å². The first kappa shape index (κ1) is 39.2. The van der Waals surface area contributed by atoms with Gasteiger partial charge in [0.05, 0.1) is 0 Å². The molecule has 0 aromatic carbocycles. The van der Waals surface area contributed by atoms with Crippen molar-refractivity contribution < 1.29 is 44.1 Å². The van der Waals surface area contributed by atoms with E-state index in [0.29, 0.717) is 37.0 Å². The van der Waals surface area contributed by atoms with Gasteiger partial charge in [-0.2, -0.15) is 0 Å². The van der Waals surface area contributed by atoms with Crippen LogP contribution in [0.3, 0.4) is 0 Å². The fourth-order valence-electron chi connectivity index (χ4n) is 2.10. The van der Waals surface area contributed by atoms with Crippen molar-refractivity contribution in [3.8, 4) is 0 Å². The van der Waals surface area contributed by atoms with Crippen LogP contribution in [0.15, 0.2) is 0 Å². The van der Waals surface area contributed by atoms with E-state index in [0.717, 1.165) is 19.3 Å². The number of carbonyl (C=O) groups excluding carboxylic acids is 6. The SMILES string of the molecule is CC(C)CCC(=O)CC(=O)[O-].CC(C)CCC(=O)CC(=O)[O-].CC(C)CCC(=O)CC(=O)[O-].[Al+3]. The van der Waals surface area contributed by atoms with Gasteiger partial charge in [-0.3, -0.25) is 14.4 Å². The molecule has 0 aliphatic rings. The Morgan fingerprint density at radius 1 is 0.471 bits per heavy atom. The molecule has 0 spiro atoms. The van der Waals surface area contributed by atoms with Crippen molar-refractivity contribution in [1.82, 2.24) is 0 Å². The third-order valence-electron chi connectivity index (χ3n) is 4.03. The quantitative estimate of drug-likeness (QED) is 0.223. The van der Waals surface area contributed by atoms with Crippen LogP contribution in [-0.4, -0.2) is 52.6 Å². The van der Waals surface area contributed by atoms with Crippen molar-refractivity contribution in [2.75, 3.05) is 0 Å². The molecule has 0 heterocycles. The van der Waals surface area contributed by atoms with E-state index in [4.69, 9.17) is 0 Å². The molecule has 0 atom stereocenters. The van der Waals surface area contributed by atoms with Gasteiger partial charge >= 0.3 is 17.4 Å². The van der Waals surface area contributed by atoms with E-state index >= 15 is 0 Å². The number of hydrogen-bond acceptors (Lipinski definition) is 9. The second-order valence-corrected chi connectivity index (χ2v) is 9.06. The molecule has 10 heteroatoms. The maximum atomic E-state index is 10.7. The second kappa shape index (κ2) is 24.1. The Kier molecular flexibility index (Phi) is 27.8. The van der Waals surface area contributed by atoms with E-state index in [1.165, 1.54) is 0 Å². The van der Waals surface area contributed by atoms with Crippen LogP contribution < -0.4 is 15.3 Å². The number of carbonyl (C=O) groups is 6. The third-order valence-corrected chi connectivity index (χ3v) is 4.03. The topological polar surface area (TPSA) is 172 Å². The minimum absolute atomic E-state index is 0. The van der Waals surface area contributed by atoms with Crippen LogP contribution in [-0.2, 0) is 28.8 Å². The normalized spacial score (nSPS) is 9.79. The van der Waals surface area contributed by atoms with Crippen LogP contribution in [0.5, 0.6) is 0 Å². The summed E-state index contributed by atoms with van der Waals surface area (Å²) in [4.78, 5) is 62.0. The van der Waals surface area contributed by atoms with E-state index in [9.17, 15) is 44.1 Å². The number of carboxylic acids is 3. The maximum Gasteiger partial charge on any atom is 3.00 e. The number of hydrogen-bond donors (Lipinski definition) is 0. The first-order valence-corrected chi connectivity index (χ1v) is 11.2. The number of Topliss-reactive ketones (excluding diaryl/α,β-unsaturated/α-hetero) is 3. The summed E-state index contributed by atoms with van der Waals surface area (Å²) in [6.45, 7) is 12.0. The van der Waals surface area contributed by atoms with Crippen molar-refractivity contribution in [2.24, 2.45) is 17.8 Å². The van der Waals surface area contributed by atoms with Crippen molar-refractivity contribution in [3.05, 3.63) is 0 Å². The van der Waals surface area contributed by atoms with Gasteiger partial charge in [0.15, 0.2) is 0 Å². The molecule has 0 N–H and O–H groups in total. The Labute approximate surface area is 213 Å². The Balaban J connectivity index is -0.000000196. The predicted molar refractivity (Wildman–Crippen MR) is 122 cm³/mol. The Morgan fingerprint density at radius 3 is 0.765 bits per heavy atom. The Hall–Kier alpha value is -2.05. The zero-order valence-electron chi connectivity index (χ0n) is 21.3. The fourth-order valence-corrected chi connectivity index (χ4v) is 2.10. The van der Waals surface area contributed by atoms with Crippen LogP contribution in [0.4, 0.5) is 0 Å². The van der Waals surface area contributed by atoms with Gasteiger partial charge < -0.3 is 29.7 Å². The molecule has 0 aliphatic carbocycles. The molecule has 0 saturated carbocycles. The minimum atomic E-state index is -1.28. The third kappa shape index (κ3) is 40.3. The number of aliphatic carboxylic acids is 3. The summed E-state index contributed by atoms with van der Waals surface area (Å²) in [5, 5.41) is 29.8. The van der Waals surface area contributed by atoms with Gasteiger partial charge in [0.25, 0.3) is 0 Å². The van der Waals surface area contributed by atoms with Gasteiger partial charge in [-0.15, -0.1) is 0 Å². The molecule has 0 fully saturated rings. The largest absolute Gasteiger partial charge is 3.00 e. The van der Waals surface area contributed by atoms with Gasteiger partial charge in [-0.25, -0.2) is 0 Å². The zero-order chi connectivity index (χ0) is 26.6. The summed E-state index contributed by atoms with van der Waals surface area (Å²) in [7, 11) is 0. The number of carboxylic acid groups (broad SMARTS) is 3. The first-order valence-electron chi connectivity index (χ1n) is 11.2. The van der Waals surface area contributed by atoms with E-state index < -0.39 is 37.2 Å². The summed E-state index contributed by atoms with van der Waals surface area (Å²) < 4.78 is 0. The Bertz CT molecular complexity index is 540. The molecule has 192 valence electrons. The van der Waals surface area contributed by atoms with Crippen molar-refractivity contribution in [2.45, 2.75) is 99.3 Å². The molecule has 34 heavy (non-hydrogen) atoms. The smallest absolute Gasteiger partial charge is 0.550 e. The van der Waals surface area contributed by atoms with Gasteiger partial charge in [0.1, 0.15) is 17.3 Å².